The van der Waals surface area contributed by atoms with Crippen LogP contribution in [0.3, 0.4) is 0 Å². The normalized spacial score (nSPS) is 10.8. The van der Waals surface area contributed by atoms with Crippen molar-refractivity contribution >= 4 is 23.2 Å². The highest BCUT2D eigenvalue weighted by molar-refractivity contribution is 6.30. The number of halogens is 3. The number of pyridine rings is 1. The van der Waals surface area contributed by atoms with E-state index in [2.05, 4.69) is 10.3 Å². The van der Waals surface area contributed by atoms with Crippen molar-refractivity contribution in [2.75, 3.05) is 5.32 Å². The topological polar surface area (TPSA) is 46.9 Å². The van der Waals surface area contributed by atoms with Gasteiger partial charge in [-0.05, 0) is 30.7 Å². The minimum atomic E-state index is -2.52. The molecule has 4 nitrogen and oxygen atoms in total. The number of nitrogens with zero attached hydrogens (tertiary/aromatic N) is 2. The number of carbonyl (C=O) groups excluding carboxylic acids is 1. The summed E-state index contributed by atoms with van der Waals surface area (Å²) in [6.07, 6.45) is 0.327. The standard InChI is InChI=1S/C13H12ClF2N3O/c1-8-5-9(6-17-12(8)14)18-13(20)10-3-2-4-19(10)7-11(15)16/h2-6,11H,7H2,1H3,(H,18,20). The van der Waals surface area contributed by atoms with E-state index in [-0.39, 0.29) is 5.69 Å². The van der Waals surface area contributed by atoms with E-state index in [4.69, 9.17) is 11.6 Å². The highest BCUT2D eigenvalue weighted by Crippen LogP contribution is 2.17. The molecule has 1 amide bonds. The molecule has 0 aliphatic carbocycles. The van der Waals surface area contributed by atoms with Crippen LogP contribution in [0.25, 0.3) is 0 Å². The molecule has 2 rings (SSSR count). The molecule has 0 aromatic carbocycles. The Morgan fingerprint density at radius 3 is 2.95 bits per heavy atom. The molecular weight excluding hydrogens is 288 g/mol. The molecule has 2 heterocycles. The molecule has 2 aromatic heterocycles. The largest absolute Gasteiger partial charge is 0.338 e. The van der Waals surface area contributed by atoms with Crippen LogP contribution >= 0.6 is 11.6 Å². The molecule has 0 atom stereocenters. The molecule has 2 aromatic rings. The van der Waals surface area contributed by atoms with Crippen LogP contribution in [-0.4, -0.2) is 21.9 Å². The Bertz CT molecular complexity index is 628. The fraction of sp³-hybridized carbons (Fsp3) is 0.231. The van der Waals surface area contributed by atoms with Gasteiger partial charge in [-0.1, -0.05) is 11.6 Å². The lowest BCUT2D eigenvalue weighted by Crippen LogP contribution is -2.19. The lowest BCUT2D eigenvalue weighted by Gasteiger charge is -2.09. The predicted octanol–water partition coefficient (Wildman–Crippen LogP) is 3.36. The quantitative estimate of drug-likeness (QED) is 0.880. The van der Waals surface area contributed by atoms with Gasteiger partial charge in [-0.3, -0.25) is 4.79 Å². The number of aryl methyl sites for hydroxylation is 1. The Hall–Kier alpha value is -1.95. The third kappa shape index (κ3) is 3.33. The van der Waals surface area contributed by atoms with Crippen LogP contribution in [0.5, 0.6) is 0 Å². The zero-order valence-electron chi connectivity index (χ0n) is 10.6. The van der Waals surface area contributed by atoms with Crippen LogP contribution < -0.4 is 5.32 Å². The SMILES string of the molecule is Cc1cc(NC(=O)c2cccn2CC(F)F)cnc1Cl. The zero-order valence-corrected chi connectivity index (χ0v) is 11.4. The summed E-state index contributed by atoms with van der Waals surface area (Å²) in [4.78, 5) is 15.9. The van der Waals surface area contributed by atoms with Crippen LogP contribution in [0.15, 0.2) is 30.6 Å². The van der Waals surface area contributed by atoms with E-state index in [1.165, 1.54) is 23.0 Å². The van der Waals surface area contributed by atoms with Gasteiger partial charge in [-0.2, -0.15) is 0 Å². The van der Waals surface area contributed by atoms with Crippen molar-refractivity contribution in [3.8, 4) is 0 Å². The lowest BCUT2D eigenvalue weighted by molar-refractivity contribution is 0.0997. The maximum atomic E-state index is 12.4. The molecule has 0 radical (unpaired) electrons. The van der Waals surface area contributed by atoms with Gasteiger partial charge in [0, 0.05) is 6.20 Å². The van der Waals surface area contributed by atoms with Gasteiger partial charge < -0.3 is 9.88 Å². The van der Waals surface area contributed by atoms with Gasteiger partial charge in [0.05, 0.1) is 18.4 Å². The van der Waals surface area contributed by atoms with Crippen LogP contribution in [0.2, 0.25) is 5.15 Å². The summed E-state index contributed by atoms with van der Waals surface area (Å²) in [5.41, 5.74) is 1.34. The molecular formula is C13H12ClF2N3O. The third-order valence-electron chi connectivity index (χ3n) is 2.67. The maximum Gasteiger partial charge on any atom is 0.272 e. The minimum Gasteiger partial charge on any atom is -0.338 e. The second-order valence-electron chi connectivity index (χ2n) is 4.22. The molecule has 1 N–H and O–H groups in total. The van der Waals surface area contributed by atoms with Gasteiger partial charge in [0.15, 0.2) is 0 Å². The summed E-state index contributed by atoms with van der Waals surface area (Å²) in [5, 5.41) is 2.95. The van der Waals surface area contributed by atoms with Crippen molar-refractivity contribution in [2.24, 2.45) is 0 Å². The number of nitrogens with one attached hydrogen (secondary N) is 1. The third-order valence-corrected chi connectivity index (χ3v) is 3.06. The zero-order chi connectivity index (χ0) is 14.7. The van der Waals surface area contributed by atoms with Gasteiger partial charge in [0.2, 0.25) is 0 Å². The second-order valence-corrected chi connectivity index (χ2v) is 4.58. The first kappa shape index (κ1) is 14.5. The Labute approximate surface area is 119 Å². The van der Waals surface area contributed by atoms with Crippen LogP contribution in [0.1, 0.15) is 16.1 Å². The Morgan fingerprint density at radius 2 is 2.30 bits per heavy atom. The number of hydrogen-bond acceptors (Lipinski definition) is 2. The molecule has 7 heteroatoms. The number of carbonyl (C=O) groups is 1. The fourth-order valence-corrected chi connectivity index (χ4v) is 1.85. The van der Waals surface area contributed by atoms with Gasteiger partial charge in [0.1, 0.15) is 10.8 Å². The van der Waals surface area contributed by atoms with E-state index in [1.54, 1.807) is 19.1 Å². The van der Waals surface area contributed by atoms with Crippen LogP contribution in [0, 0.1) is 6.92 Å². The van der Waals surface area contributed by atoms with E-state index >= 15 is 0 Å². The summed E-state index contributed by atoms with van der Waals surface area (Å²) in [5.74, 6) is -0.473. The summed E-state index contributed by atoms with van der Waals surface area (Å²) >= 11 is 5.79. The highest BCUT2D eigenvalue weighted by Gasteiger charge is 2.14. The van der Waals surface area contributed by atoms with Crippen molar-refractivity contribution < 1.29 is 13.6 Å². The van der Waals surface area contributed by atoms with Crippen LogP contribution in [0.4, 0.5) is 14.5 Å². The van der Waals surface area contributed by atoms with Crippen molar-refractivity contribution in [2.45, 2.75) is 19.9 Å². The molecule has 0 saturated carbocycles. The van der Waals surface area contributed by atoms with Crippen LogP contribution in [-0.2, 0) is 6.54 Å². The van der Waals surface area contributed by atoms with E-state index in [0.717, 1.165) is 0 Å². The number of alkyl halides is 2. The van der Waals surface area contributed by atoms with Crippen molar-refractivity contribution in [1.82, 2.24) is 9.55 Å². The number of hydrogen-bond donors (Lipinski definition) is 1. The first-order valence-corrected chi connectivity index (χ1v) is 6.22. The first-order chi connectivity index (χ1) is 9.47. The lowest BCUT2D eigenvalue weighted by atomic mass is 10.3. The van der Waals surface area contributed by atoms with Crippen molar-refractivity contribution in [1.29, 1.82) is 0 Å². The number of rotatable bonds is 4. The highest BCUT2D eigenvalue weighted by atomic mass is 35.5. The Kier molecular flexibility index (Phi) is 4.34. The molecule has 0 bridgehead atoms. The van der Waals surface area contributed by atoms with Crippen molar-refractivity contribution in [3.05, 3.63) is 47.0 Å². The predicted molar refractivity (Wildman–Crippen MR) is 72.4 cm³/mol. The van der Waals surface area contributed by atoms with E-state index in [1.807, 2.05) is 0 Å². The van der Waals surface area contributed by atoms with Crippen molar-refractivity contribution in [3.63, 3.8) is 0 Å². The van der Waals surface area contributed by atoms with E-state index < -0.39 is 18.9 Å². The summed E-state index contributed by atoms with van der Waals surface area (Å²) in [7, 11) is 0. The number of anilines is 1. The van der Waals surface area contributed by atoms with E-state index in [0.29, 0.717) is 16.4 Å². The number of aromatic nitrogens is 2. The van der Waals surface area contributed by atoms with Gasteiger partial charge in [-0.25, -0.2) is 13.8 Å². The smallest absolute Gasteiger partial charge is 0.272 e. The molecule has 0 spiro atoms. The average Bonchev–Trinajstić information content (AvgIpc) is 2.81. The molecule has 0 saturated heterocycles. The molecule has 20 heavy (non-hydrogen) atoms. The maximum absolute atomic E-state index is 12.4. The molecule has 0 aliphatic heterocycles. The summed E-state index contributed by atoms with van der Waals surface area (Å²) < 4.78 is 26.0. The summed E-state index contributed by atoms with van der Waals surface area (Å²) in [6, 6.07) is 4.68. The fourth-order valence-electron chi connectivity index (χ4n) is 1.75. The summed E-state index contributed by atoms with van der Waals surface area (Å²) in [6.45, 7) is 1.23. The first-order valence-electron chi connectivity index (χ1n) is 5.84. The second kappa shape index (κ2) is 6.00. The van der Waals surface area contributed by atoms with Gasteiger partial charge in [0.25, 0.3) is 12.3 Å². The molecule has 0 unspecified atom stereocenters. The number of amides is 1. The average molecular weight is 300 g/mol. The van der Waals surface area contributed by atoms with E-state index in [9.17, 15) is 13.6 Å². The Balaban J connectivity index is 2.15. The molecule has 0 aliphatic rings. The van der Waals surface area contributed by atoms with Gasteiger partial charge in [-0.15, -0.1) is 0 Å². The minimum absolute atomic E-state index is 0.165. The monoisotopic (exact) mass is 299 g/mol. The molecule has 106 valence electrons. The van der Waals surface area contributed by atoms with Gasteiger partial charge >= 0.3 is 0 Å². The Morgan fingerprint density at radius 1 is 1.55 bits per heavy atom. The molecule has 0 fully saturated rings.